The lowest BCUT2D eigenvalue weighted by atomic mass is 9.93. The maximum atomic E-state index is 12.4. The average Bonchev–Trinajstić information content (AvgIpc) is 3.23. The van der Waals surface area contributed by atoms with Crippen LogP contribution >= 0.6 is 0 Å². The molecule has 1 aliphatic heterocycles. The Labute approximate surface area is 137 Å². The van der Waals surface area contributed by atoms with Crippen LogP contribution in [-0.2, 0) is 11.2 Å². The number of rotatable bonds is 5. The molecule has 2 aliphatic rings. The molecule has 0 aromatic carbocycles. The Morgan fingerprint density at radius 3 is 2.87 bits per heavy atom. The maximum Gasteiger partial charge on any atom is 0.227 e. The Morgan fingerprint density at radius 1 is 1.35 bits per heavy atom. The van der Waals surface area contributed by atoms with E-state index in [-0.39, 0.29) is 17.9 Å². The molecule has 6 heteroatoms. The van der Waals surface area contributed by atoms with E-state index < -0.39 is 0 Å². The smallest absolute Gasteiger partial charge is 0.227 e. The Morgan fingerprint density at radius 2 is 2.13 bits per heavy atom. The number of piperidine rings is 1. The lowest BCUT2D eigenvalue weighted by molar-refractivity contribution is -0.133. The third-order valence-corrected chi connectivity index (χ3v) is 5.25. The minimum Gasteiger partial charge on any atom is -0.393 e. The van der Waals surface area contributed by atoms with E-state index >= 15 is 0 Å². The number of aryl methyl sites for hydroxylation is 1. The molecule has 1 saturated carbocycles. The largest absolute Gasteiger partial charge is 0.393 e. The van der Waals surface area contributed by atoms with Gasteiger partial charge in [0.15, 0.2) is 5.82 Å². The van der Waals surface area contributed by atoms with Crippen molar-refractivity contribution in [3.8, 4) is 0 Å². The predicted octanol–water partition coefficient (Wildman–Crippen LogP) is 2.28. The van der Waals surface area contributed by atoms with Crippen LogP contribution in [0.4, 0.5) is 0 Å². The summed E-state index contributed by atoms with van der Waals surface area (Å²) in [6.07, 6.45) is 7.30. The molecule has 1 aliphatic carbocycles. The van der Waals surface area contributed by atoms with Gasteiger partial charge in [0.2, 0.25) is 11.8 Å². The Balaban J connectivity index is 1.48. The van der Waals surface area contributed by atoms with Gasteiger partial charge in [-0.25, -0.2) is 0 Å². The number of aliphatic hydroxyl groups excluding tert-OH is 1. The van der Waals surface area contributed by atoms with Crippen LogP contribution in [-0.4, -0.2) is 45.2 Å². The van der Waals surface area contributed by atoms with Gasteiger partial charge >= 0.3 is 0 Å². The number of hydrogen-bond acceptors (Lipinski definition) is 5. The minimum atomic E-state index is -0.351. The van der Waals surface area contributed by atoms with Crippen LogP contribution in [0.1, 0.15) is 69.5 Å². The predicted molar refractivity (Wildman–Crippen MR) is 84.8 cm³/mol. The first-order valence-corrected chi connectivity index (χ1v) is 8.92. The molecule has 2 atom stereocenters. The summed E-state index contributed by atoms with van der Waals surface area (Å²) in [4.78, 5) is 18.7. The summed E-state index contributed by atoms with van der Waals surface area (Å²) >= 11 is 0. The van der Waals surface area contributed by atoms with E-state index in [1.807, 2.05) is 11.8 Å². The number of carbonyl (C=O) groups is 1. The van der Waals surface area contributed by atoms with Crippen molar-refractivity contribution < 1.29 is 14.4 Å². The number of aliphatic hydroxyl groups is 1. The van der Waals surface area contributed by atoms with Gasteiger partial charge in [-0.2, -0.15) is 4.98 Å². The van der Waals surface area contributed by atoms with E-state index in [9.17, 15) is 9.90 Å². The van der Waals surface area contributed by atoms with Gasteiger partial charge in [-0.1, -0.05) is 18.0 Å². The standard InChI is InChI=1S/C17H27N3O3/c1-12(21)14-7-4-10-20(11-14)16(22)9-8-15-18-17(19-23-15)13-5-2-3-6-13/h12-14,21H,2-11H2,1H3. The molecule has 0 bridgehead atoms. The number of carbonyl (C=O) groups excluding carboxylic acids is 1. The molecule has 1 N–H and O–H groups in total. The third kappa shape index (κ3) is 4.10. The first-order valence-electron chi connectivity index (χ1n) is 8.92. The molecule has 1 saturated heterocycles. The Bertz CT molecular complexity index is 523. The summed E-state index contributed by atoms with van der Waals surface area (Å²) in [6, 6.07) is 0. The molecule has 0 radical (unpaired) electrons. The Kier molecular flexibility index (Phi) is 5.30. The van der Waals surface area contributed by atoms with Crippen molar-refractivity contribution in [3.63, 3.8) is 0 Å². The molecule has 2 heterocycles. The molecule has 6 nitrogen and oxygen atoms in total. The Hall–Kier alpha value is -1.43. The average molecular weight is 321 g/mol. The molecule has 0 spiro atoms. The van der Waals surface area contributed by atoms with Crippen LogP contribution in [0.3, 0.4) is 0 Å². The van der Waals surface area contributed by atoms with E-state index in [1.54, 1.807) is 0 Å². The summed E-state index contributed by atoms with van der Waals surface area (Å²) < 4.78 is 5.30. The van der Waals surface area contributed by atoms with E-state index in [0.29, 0.717) is 31.2 Å². The van der Waals surface area contributed by atoms with E-state index in [0.717, 1.165) is 38.1 Å². The van der Waals surface area contributed by atoms with E-state index in [4.69, 9.17) is 4.52 Å². The van der Waals surface area contributed by atoms with Crippen molar-refractivity contribution in [3.05, 3.63) is 11.7 Å². The lowest BCUT2D eigenvalue weighted by Crippen LogP contribution is -2.43. The molecular weight excluding hydrogens is 294 g/mol. The van der Waals surface area contributed by atoms with Gasteiger partial charge in [-0.05, 0) is 32.6 Å². The first-order chi connectivity index (χ1) is 11.1. The van der Waals surface area contributed by atoms with E-state index in [1.165, 1.54) is 12.8 Å². The second kappa shape index (κ2) is 7.43. The molecule has 3 rings (SSSR count). The molecule has 23 heavy (non-hydrogen) atoms. The highest BCUT2D eigenvalue weighted by atomic mass is 16.5. The number of hydrogen-bond donors (Lipinski definition) is 1. The lowest BCUT2D eigenvalue weighted by Gasteiger charge is -2.34. The van der Waals surface area contributed by atoms with Crippen molar-refractivity contribution in [2.24, 2.45) is 5.92 Å². The topological polar surface area (TPSA) is 79.5 Å². The highest BCUT2D eigenvalue weighted by Gasteiger charge is 2.27. The summed E-state index contributed by atoms with van der Waals surface area (Å²) in [5.74, 6) is 2.15. The highest BCUT2D eigenvalue weighted by Crippen LogP contribution is 2.32. The van der Waals surface area contributed by atoms with Crippen molar-refractivity contribution in [2.75, 3.05) is 13.1 Å². The number of amides is 1. The fourth-order valence-electron chi connectivity index (χ4n) is 3.72. The van der Waals surface area contributed by atoms with Crippen molar-refractivity contribution in [1.29, 1.82) is 0 Å². The fraction of sp³-hybridized carbons (Fsp3) is 0.824. The summed E-state index contributed by atoms with van der Waals surface area (Å²) in [7, 11) is 0. The minimum absolute atomic E-state index is 0.121. The van der Waals surface area contributed by atoms with Gasteiger partial charge in [0.1, 0.15) is 0 Å². The van der Waals surface area contributed by atoms with Crippen LogP contribution in [0.5, 0.6) is 0 Å². The first kappa shape index (κ1) is 16.4. The van der Waals surface area contributed by atoms with Crippen molar-refractivity contribution >= 4 is 5.91 Å². The van der Waals surface area contributed by atoms with Crippen LogP contribution in [0.25, 0.3) is 0 Å². The van der Waals surface area contributed by atoms with Gasteiger partial charge < -0.3 is 14.5 Å². The van der Waals surface area contributed by atoms with E-state index in [2.05, 4.69) is 10.1 Å². The van der Waals surface area contributed by atoms with Gasteiger partial charge in [0.25, 0.3) is 0 Å². The van der Waals surface area contributed by atoms with Crippen LogP contribution < -0.4 is 0 Å². The molecule has 128 valence electrons. The summed E-state index contributed by atoms with van der Waals surface area (Å²) in [5, 5.41) is 13.8. The normalized spacial score (nSPS) is 24.1. The molecule has 1 aromatic rings. The molecular formula is C17H27N3O3. The van der Waals surface area contributed by atoms with Gasteiger partial charge in [-0.15, -0.1) is 0 Å². The second-order valence-corrected chi connectivity index (χ2v) is 7.01. The summed E-state index contributed by atoms with van der Waals surface area (Å²) in [5.41, 5.74) is 0. The van der Waals surface area contributed by atoms with Gasteiger partial charge in [0, 0.05) is 37.8 Å². The SMILES string of the molecule is CC(O)C1CCCN(C(=O)CCc2nc(C3CCCC3)no2)C1. The third-order valence-electron chi connectivity index (χ3n) is 5.25. The monoisotopic (exact) mass is 321 g/mol. The zero-order chi connectivity index (χ0) is 16.2. The highest BCUT2D eigenvalue weighted by molar-refractivity contribution is 5.76. The second-order valence-electron chi connectivity index (χ2n) is 7.01. The number of nitrogens with zero attached hydrogens (tertiary/aromatic N) is 3. The van der Waals surface area contributed by atoms with Gasteiger partial charge in [0.05, 0.1) is 6.10 Å². The van der Waals surface area contributed by atoms with Crippen LogP contribution in [0, 0.1) is 5.92 Å². The molecule has 2 fully saturated rings. The zero-order valence-electron chi connectivity index (χ0n) is 13.9. The fourth-order valence-corrected chi connectivity index (χ4v) is 3.72. The molecule has 1 aromatic heterocycles. The molecule has 1 amide bonds. The molecule has 2 unspecified atom stereocenters. The quantitative estimate of drug-likeness (QED) is 0.900. The van der Waals surface area contributed by atoms with Crippen LogP contribution in [0.15, 0.2) is 4.52 Å². The van der Waals surface area contributed by atoms with Crippen molar-refractivity contribution in [2.45, 2.75) is 70.3 Å². The number of likely N-dealkylation sites (tertiary alicyclic amines) is 1. The zero-order valence-corrected chi connectivity index (χ0v) is 13.9. The van der Waals surface area contributed by atoms with Crippen LogP contribution in [0.2, 0.25) is 0 Å². The maximum absolute atomic E-state index is 12.4. The van der Waals surface area contributed by atoms with Gasteiger partial charge in [-0.3, -0.25) is 4.79 Å². The van der Waals surface area contributed by atoms with Crippen molar-refractivity contribution in [1.82, 2.24) is 15.0 Å². The summed E-state index contributed by atoms with van der Waals surface area (Å²) in [6.45, 7) is 3.26. The number of aromatic nitrogens is 2.